The van der Waals surface area contributed by atoms with Crippen molar-refractivity contribution in [3.05, 3.63) is 48.1 Å². The van der Waals surface area contributed by atoms with Crippen LogP contribution >= 0.6 is 0 Å². The van der Waals surface area contributed by atoms with Gasteiger partial charge in [-0.2, -0.15) is 0 Å². The van der Waals surface area contributed by atoms with Crippen molar-refractivity contribution in [2.45, 2.75) is 13.3 Å². The maximum atomic E-state index is 12.5. The van der Waals surface area contributed by atoms with Gasteiger partial charge in [-0.1, -0.05) is 0 Å². The van der Waals surface area contributed by atoms with Crippen molar-refractivity contribution in [3.8, 4) is 0 Å². The van der Waals surface area contributed by atoms with Gasteiger partial charge in [0.15, 0.2) is 0 Å². The Morgan fingerprint density at radius 2 is 2.26 bits per heavy atom. The molecule has 7 nitrogen and oxygen atoms in total. The van der Waals surface area contributed by atoms with E-state index in [2.05, 4.69) is 19.9 Å². The molecule has 1 aliphatic rings. The van der Waals surface area contributed by atoms with Crippen LogP contribution in [0.2, 0.25) is 0 Å². The van der Waals surface area contributed by atoms with Crippen molar-refractivity contribution in [3.63, 3.8) is 0 Å². The van der Waals surface area contributed by atoms with Crippen LogP contribution in [0.4, 0.5) is 0 Å². The molecule has 0 aromatic carbocycles. The lowest BCUT2D eigenvalue weighted by Crippen LogP contribution is -2.37. The molecule has 7 heteroatoms. The summed E-state index contributed by atoms with van der Waals surface area (Å²) in [5, 5.41) is 0. The second-order valence-electron chi connectivity index (χ2n) is 5.58. The number of carbonyl (C=O) groups is 1. The van der Waals surface area contributed by atoms with E-state index in [1.54, 1.807) is 17.3 Å². The second-order valence-corrected chi connectivity index (χ2v) is 5.58. The SMILES string of the molecule is Cc1nccc(CC2COCCN(C(=O)c3cnccn3)C2)n1. The number of amides is 1. The Balaban J connectivity index is 1.70. The van der Waals surface area contributed by atoms with Gasteiger partial charge in [0.25, 0.3) is 5.91 Å². The highest BCUT2D eigenvalue weighted by molar-refractivity contribution is 5.91. The van der Waals surface area contributed by atoms with E-state index in [4.69, 9.17) is 4.74 Å². The number of hydrogen-bond donors (Lipinski definition) is 0. The fourth-order valence-electron chi connectivity index (χ4n) is 2.67. The fraction of sp³-hybridized carbons (Fsp3) is 0.438. The van der Waals surface area contributed by atoms with E-state index in [1.807, 2.05) is 13.0 Å². The van der Waals surface area contributed by atoms with Crippen LogP contribution in [-0.4, -0.2) is 57.0 Å². The number of ether oxygens (including phenoxy) is 1. The lowest BCUT2D eigenvalue weighted by atomic mass is 10.0. The van der Waals surface area contributed by atoms with Crippen molar-refractivity contribution >= 4 is 5.91 Å². The third-order valence-corrected chi connectivity index (χ3v) is 3.74. The number of rotatable bonds is 3. The molecule has 0 aliphatic carbocycles. The number of hydrogen-bond acceptors (Lipinski definition) is 6. The molecular formula is C16H19N5O2. The smallest absolute Gasteiger partial charge is 0.274 e. The predicted octanol–water partition coefficient (Wildman–Crippen LogP) is 0.906. The number of aromatic nitrogens is 4. The monoisotopic (exact) mass is 313 g/mol. The quantitative estimate of drug-likeness (QED) is 0.837. The number of nitrogens with zero attached hydrogens (tertiary/aromatic N) is 5. The van der Waals surface area contributed by atoms with E-state index in [1.165, 1.54) is 12.4 Å². The Bertz CT molecular complexity index is 665. The van der Waals surface area contributed by atoms with Crippen LogP contribution in [0.1, 0.15) is 22.0 Å². The van der Waals surface area contributed by atoms with E-state index in [0.717, 1.165) is 17.9 Å². The highest BCUT2D eigenvalue weighted by Crippen LogP contribution is 2.14. The Morgan fingerprint density at radius 1 is 1.35 bits per heavy atom. The molecule has 2 aromatic heterocycles. The Labute approximate surface area is 134 Å². The molecule has 1 atom stereocenters. The van der Waals surface area contributed by atoms with Gasteiger partial charge in [-0.3, -0.25) is 9.78 Å². The van der Waals surface area contributed by atoms with Crippen LogP contribution in [0.5, 0.6) is 0 Å². The molecule has 0 radical (unpaired) electrons. The van der Waals surface area contributed by atoms with Crippen molar-refractivity contribution in [2.24, 2.45) is 5.92 Å². The van der Waals surface area contributed by atoms with E-state index in [9.17, 15) is 4.79 Å². The molecule has 0 N–H and O–H groups in total. The molecule has 1 amide bonds. The van der Waals surface area contributed by atoms with Crippen LogP contribution in [-0.2, 0) is 11.2 Å². The van der Waals surface area contributed by atoms with Gasteiger partial charge in [-0.05, 0) is 19.4 Å². The number of carbonyl (C=O) groups excluding carboxylic acids is 1. The van der Waals surface area contributed by atoms with Crippen LogP contribution < -0.4 is 0 Å². The van der Waals surface area contributed by atoms with Crippen molar-refractivity contribution < 1.29 is 9.53 Å². The van der Waals surface area contributed by atoms with E-state index in [-0.39, 0.29) is 11.8 Å². The molecule has 2 aromatic rings. The first-order chi connectivity index (χ1) is 11.2. The molecular weight excluding hydrogens is 294 g/mol. The molecule has 1 fully saturated rings. The van der Waals surface area contributed by atoms with Crippen LogP contribution in [0.25, 0.3) is 0 Å². The average Bonchev–Trinajstić information content (AvgIpc) is 2.80. The van der Waals surface area contributed by atoms with Crippen molar-refractivity contribution in [1.82, 2.24) is 24.8 Å². The minimum Gasteiger partial charge on any atom is -0.379 e. The third kappa shape index (κ3) is 4.07. The normalized spacial score (nSPS) is 18.5. The molecule has 1 aliphatic heterocycles. The third-order valence-electron chi connectivity index (χ3n) is 3.74. The first-order valence-corrected chi connectivity index (χ1v) is 7.64. The van der Waals surface area contributed by atoms with Crippen LogP contribution in [0.3, 0.4) is 0 Å². The summed E-state index contributed by atoms with van der Waals surface area (Å²) in [7, 11) is 0. The molecule has 0 spiro atoms. The van der Waals surface area contributed by atoms with Gasteiger partial charge in [-0.15, -0.1) is 0 Å². The summed E-state index contributed by atoms with van der Waals surface area (Å²) in [6.07, 6.45) is 7.10. The minimum absolute atomic E-state index is 0.104. The lowest BCUT2D eigenvalue weighted by molar-refractivity contribution is 0.0731. The first-order valence-electron chi connectivity index (χ1n) is 7.64. The summed E-state index contributed by atoms with van der Waals surface area (Å²) in [4.78, 5) is 30.9. The van der Waals surface area contributed by atoms with Crippen molar-refractivity contribution in [2.75, 3.05) is 26.3 Å². The van der Waals surface area contributed by atoms with Gasteiger partial charge in [0, 0.05) is 43.3 Å². The molecule has 0 bridgehead atoms. The number of aryl methyl sites for hydroxylation is 1. The van der Waals surface area contributed by atoms with Gasteiger partial charge < -0.3 is 9.64 Å². The summed E-state index contributed by atoms with van der Waals surface area (Å²) in [5.74, 6) is 0.851. The van der Waals surface area contributed by atoms with Gasteiger partial charge in [0.1, 0.15) is 11.5 Å². The molecule has 0 saturated carbocycles. The van der Waals surface area contributed by atoms with Gasteiger partial charge in [-0.25, -0.2) is 15.0 Å². The highest BCUT2D eigenvalue weighted by atomic mass is 16.5. The summed E-state index contributed by atoms with van der Waals surface area (Å²) in [5.41, 5.74) is 1.34. The fourth-order valence-corrected chi connectivity index (χ4v) is 2.67. The van der Waals surface area contributed by atoms with E-state index < -0.39 is 0 Å². The van der Waals surface area contributed by atoms with E-state index >= 15 is 0 Å². The van der Waals surface area contributed by atoms with Crippen molar-refractivity contribution in [1.29, 1.82) is 0 Å². The zero-order valence-electron chi connectivity index (χ0n) is 13.1. The second kappa shape index (κ2) is 7.23. The molecule has 120 valence electrons. The molecule has 3 heterocycles. The maximum Gasteiger partial charge on any atom is 0.274 e. The maximum absolute atomic E-state index is 12.5. The van der Waals surface area contributed by atoms with Gasteiger partial charge in [0.05, 0.1) is 19.4 Å². The first kappa shape index (κ1) is 15.5. The average molecular weight is 313 g/mol. The zero-order valence-corrected chi connectivity index (χ0v) is 13.1. The molecule has 23 heavy (non-hydrogen) atoms. The summed E-state index contributed by atoms with van der Waals surface area (Å²) >= 11 is 0. The van der Waals surface area contributed by atoms with E-state index in [0.29, 0.717) is 32.0 Å². The Hall–Kier alpha value is -2.41. The van der Waals surface area contributed by atoms with Gasteiger partial charge in [0.2, 0.25) is 0 Å². The lowest BCUT2D eigenvalue weighted by Gasteiger charge is -2.23. The summed E-state index contributed by atoms with van der Waals surface area (Å²) in [6, 6.07) is 1.91. The highest BCUT2D eigenvalue weighted by Gasteiger charge is 2.24. The predicted molar refractivity (Wildman–Crippen MR) is 82.7 cm³/mol. The summed E-state index contributed by atoms with van der Waals surface area (Å²) in [6.45, 7) is 4.21. The Kier molecular flexibility index (Phi) is 4.87. The van der Waals surface area contributed by atoms with Crippen LogP contribution in [0, 0.1) is 12.8 Å². The Morgan fingerprint density at radius 3 is 3.04 bits per heavy atom. The largest absolute Gasteiger partial charge is 0.379 e. The standard InChI is InChI=1S/C16H19N5O2/c1-12-18-3-2-14(20-12)8-13-10-21(6-7-23-11-13)16(22)15-9-17-4-5-19-15/h2-5,9,13H,6-8,10-11H2,1H3. The minimum atomic E-state index is -0.104. The molecule has 1 unspecified atom stereocenters. The molecule has 3 rings (SSSR count). The topological polar surface area (TPSA) is 81.1 Å². The van der Waals surface area contributed by atoms with Crippen LogP contribution in [0.15, 0.2) is 30.9 Å². The summed E-state index contributed by atoms with van der Waals surface area (Å²) < 4.78 is 5.65. The molecule has 1 saturated heterocycles. The van der Waals surface area contributed by atoms with Gasteiger partial charge >= 0.3 is 0 Å². The zero-order chi connectivity index (χ0) is 16.1.